The topological polar surface area (TPSA) is 92.3 Å². The number of nitriles is 1. The van der Waals surface area contributed by atoms with E-state index in [4.69, 9.17) is 4.74 Å². The second kappa shape index (κ2) is 7.55. The molecule has 0 spiro atoms. The molecule has 0 amide bonds. The van der Waals surface area contributed by atoms with Crippen molar-refractivity contribution >= 4 is 23.0 Å². The van der Waals surface area contributed by atoms with E-state index in [-0.39, 0.29) is 5.69 Å². The van der Waals surface area contributed by atoms with Crippen LogP contribution in [0.15, 0.2) is 42.6 Å². The first-order chi connectivity index (χ1) is 12.2. The molecule has 0 unspecified atom stereocenters. The van der Waals surface area contributed by atoms with Crippen LogP contribution in [0, 0.1) is 21.4 Å². The molecular formula is C18H16N4O3. The summed E-state index contributed by atoms with van der Waals surface area (Å²) in [5.41, 5.74) is 2.07. The smallest absolute Gasteiger partial charge is 0.293 e. The average Bonchev–Trinajstić information content (AvgIpc) is 2.67. The van der Waals surface area contributed by atoms with Crippen LogP contribution < -0.4 is 4.90 Å². The van der Waals surface area contributed by atoms with E-state index in [0.29, 0.717) is 48.8 Å². The minimum absolute atomic E-state index is 0.0222. The second-order valence-electron chi connectivity index (χ2n) is 5.49. The molecule has 25 heavy (non-hydrogen) atoms. The van der Waals surface area contributed by atoms with Crippen molar-refractivity contribution in [1.82, 2.24) is 4.98 Å². The molecule has 0 atom stereocenters. The zero-order valence-corrected chi connectivity index (χ0v) is 13.5. The van der Waals surface area contributed by atoms with E-state index in [9.17, 15) is 15.4 Å². The molecule has 3 rings (SSSR count). The largest absolute Gasteiger partial charge is 0.378 e. The Hall–Kier alpha value is -3.24. The molecule has 7 heteroatoms. The van der Waals surface area contributed by atoms with E-state index >= 15 is 0 Å². The molecule has 0 N–H and O–H groups in total. The summed E-state index contributed by atoms with van der Waals surface area (Å²) in [6, 6.07) is 12.4. The highest BCUT2D eigenvalue weighted by Crippen LogP contribution is 2.31. The van der Waals surface area contributed by atoms with Crippen LogP contribution in [0.1, 0.15) is 11.3 Å². The third-order valence-electron chi connectivity index (χ3n) is 3.92. The van der Waals surface area contributed by atoms with Gasteiger partial charge in [-0.2, -0.15) is 5.26 Å². The fraction of sp³-hybridized carbons (Fsp3) is 0.222. The number of benzene rings is 1. The highest BCUT2D eigenvalue weighted by atomic mass is 16.6. The van der Waals surface area contributed by atoms with Gasteiger partial charge in [-0.15, -0.1) is 0 Å². The number of hydrogen-bond donors (Lipinski definition) is 0. The van der Waals surface area contributed by atoms with E-state index < -0.39 is 4.92 Å². The Labute approximate surface area is 144 Å². The number of rotatable bonds is 4. The number of nitro groups is 1. The number of nitrogens with zero attached hydrogens (tertiary/aromatic N) is 4. The fourth-order valence-corrected chi connectivity index (χ4v) is 2.70. The summed E-state index contributed by atoms with van der Waals surface area (Å²) in [6.45, 7) is 2.34. The number of ether oxygens (including phenoxy) is 1. The normalized spacial score (nSPS) is 14.8. The predicted octanol–water partition coefficient (Wildman–Crippen LogP) is 2.89. The van der Waals surface area contributed by atoms with E-state index in [2.05, 4.69) is 11.1 Å². The molecule has 0 saturated carbocycles. The van der Waals surface area contributed by atoms with Crippen molar-refractivity contribution < 1.29 is 9.66 Å². The summed E-state index contributed by atoms with van der Waals surface area (Å²) in [5, 5.41) is 20.9. The molecule has 1 aromatic carbocycles. The molecular weight excluding hydrogens is 320 g/mol. The van der Waals surface area contributed by atoms with Gasteiger partial charge in [-0.3, -0.25) is 15.1 Å². The van der Waals surface area contributed by atoms with E-state index in [0.717, 1.165) is 0 Å². The molecule has 1 aliphatic rings. The van der Waals surface area contributed by atoms with Gasteiger partial charge in [0.25, 0.3) is 5.69 Å². The molecule has 126 valence electrons. The van der Waals surface area contributed by atoms with Crippen molar-refractivity contribution in [2.45, 2.75) is 0 Å². The van der Waals surface area contributed by atoms with Gasteiger partial charge >= 0.3 is 0 Å². The molecule has 1 aromatic heterocycles. The predicted molar refractivity (Wildman–Crippen MR) is 93.8 cm³/mol. The van der Waals surface area contributed by atoms with Crippen molar-refractivity contribution in [3.8, 4) is 6.07 Å². The summed E-state index contributed by atoms with van der Waals surface area (Å²) in [4.78, 5) is 17.2. The lowest BCUT2D eigenvalue weighted by Gasteiger charge is -2.28. The van der Waals surface area contributed by atoms with Crippen LogP contribution in [-0.2, 0) is 4.74 Å². The van der Waals surface area contributed by atoms with Gasteiger partial charge in [0.05, 0.1) is 29.4 Å². The minimum Gasteiger partial charge on any atom is -0.378 e. The summed E-state index contributed by atoms with van der Waals surface area (Å²) in [7, 11) is 0. The lowest BCUT2D eigenvalue weighted by Crippen LogP contribution is -2.36. The van der Waals surface area contributed by atoms with Gasteiger partial charge in [-0.05, 0) is 29.8 Å². The maximum atomic E-state index is 11.5. The molecule has 1 saturated heterocycles. The van der Waals surface area contributed by atoms with Crippen LogP contribution in [-0.4, -0.2) is 36.2 Å². The Kier molecular flexibility index (Phi) is 5.02. The molecule has 1 fully saturated rings. The molecule has 0 aliphatic carbocycles. The molecule has 7 nitrogen and oxygen atoms in total. The van der Waals surface area contributed by atoms with Crippen molar-refractivity contribution in [2.75, 3.05) is 31.2 Å². The standard InChI is InChI=1S/C18H16N4O3/c19-13-15(16-3-1-2-6-20-16)11-14-4-5-17(18(12-14)22(23)24)21-7-9-25-10-8-21/h1-6,11-12H,7-10H2. The van der Waals surface area contributed by atoms with Gasteiger partial charge in [0.2, 0.25) is 0 Å². The van der Waals surface area contributed by atoms with E-state index in [1.54, 1.807) is 42.6 Å². The van der Waals surface area contributed by atoms with Crippen molar-refractivity contribution in [1.29, 1.82) is 5.26 Å². The minimum atomic E-state index is -0.394. The van der Waals surface area contributed by atoms with Gasteiger partial charge in [0, 0.05) is 25.4 Å². The highest BCUT2D eigenvalue weighted by molar-refractivity contribution is 5.89. The number of anilines is 1. The second-order valence-corrected chi connectivity index (χ2v) is 5.49. The maximum absolute atomic E-state index is 11.5. The van der Waals surface area contributed by atoms with Crippen LogP contribution in [0.5, 0.6) is 0 Å². The van der Waals surface area contributed by atoms with Gasteiger partial charge in [-0.25, -0.2) is 0 Å². The number of nitro benzene ring substituents is 1. The van der Waals surface area contributed by atoms with Crippen LogP contribution in [0.25, 0.3) is 11.6 Å². The molecule has 0 radical (unpaired) electrons. The monoisotopic (exact) mass is 336 g/mol. The average molecular weight is 336 g/mol. The number of pyridine rings is 1. The first-order valence-corrected chi connectivity index (χ1v) is 7.83. The Bertz CT molecular complexity index is 837. The van der Waals surface area contributed by atoms with Gasteiger partial charge < -0.3 is 9.64 Å². The Morgan fingerprint density at radius 2 is 2.12 bits per heavy atom. The first kappa shape index (κ1) is 16.6. The van der Waals surface area contributed by atoms with E-state index in [1.165, 1.54) is 6.07 Å². The Balaban J connectivity index is 1.98. The Morgan fingerprint density at radius 1 is 1.32 bits per heavy atom. The van der Waals surface area contributed by atoms with Gasteiger partial charge in [-0.1, -0.05) is 12.1 Å². The first-order valence-electron chi connectivity index (χ1n) is 7.83. The number of allylic oxidation sites excluding steroid dienone is 1. The van der Waals surface area contributed by atoms with Crippen molar-refractivity contribution in [3.63, 3.8) is 0 Å². The van der Waals surface area contributed by atoms with E-state index in [1.807, 2.05) is 4.90 Å². The third kappa shape index (κ3) is 3.82. The summed E-state index contributed by atoms with van der Waals surface area (Å²) in [5.74, 6) is 0. The zero-order chi connectivity index (χ0) is 17.6. The molecule has 0 bridgehead atoms. The SMILES string of the molecule is N#CC(=Cc1ccc(N2CCOCC2)c([N+](=O)[O-])c1)c1ccccn1. The zero-order valence-electron chi connectivity index (χ0n) is 13.5. The number of hydrogen-bond acceptors (Lipinski definition) is 6. The van der Waals surface area contributed by atoms with Crippen LogP contribution in [0.3, 0.4) is 0 Å². The maximum Gasteiger partial charge on any atom is 0.293 e. The molecule has 1 aliphatic heterocycles. The number of aromatic nitrogens is 1. The Morgan fingerprint density at radius 3 is 2.76 bits per heavy atom. The van der Waals surface area contributed by atoms with Crippen LogP contribution in [0.4, 0.5) is 11.4 Å². The van der Waals surface area contributed by atoms with Gasteiger partial charge in [0.15, 0.2) is 0 Å². The summed E-state index contributed by atoms with van der Waals surface area (Å²) in [6.07, 6.45) is 3.21. The highest BCUT2D eigenvalue weighted by Gasteiger charge is 2.21. The lowest BCUT2D eigenvalue weighted by atomic mass is 10.1. The summed E-state index contributed by atoms with van der Waals surface area (Å²) >= 11 is 0. The van der Waals surface area contributed by atoms with Crippen molar-refractivity contribution in [3.05, 3.63) is 64.0 Å². The third-order valence-corrected chi connectivity index (χ3v) is 3.92. The van der Waals surface area contributed by atoms with Crippen LogP contribution in [0.2, 0.25) is 0 Å². The number of morpholine rings is 1. The summed E-state index contributed by atoms with van der Waals surface area (Å²) < 4.78 is 5.30. The van der Waals surface area contributed by atoms with Crippen LogP contribution >= 0.6 is 0 Å². The molecule has 2 heterocycles. The van der Waals surface area contributed by atoms with Gasteiger partial charge in [0.1, 0.15) is 11.8 Å². The quantitative estimate of drug-likeness (QED) is 0.484. The fourth-order valence-electron chi connectivity index (χ4n) is 2.70. The molecule has 2 aromatic rings. The lowest BCUT2D eigenvalue weighted by molar-refractivity contribution is -0.384. The van der Waals surface area contributed by atoms with Crippen molar-refractivity contribution in [2.24, 2.45) is 0 Å².